The van der Waals surface area contributed by atoms with Gasteiger partial charge in [0.25, 0.3) is 0 Å². The van der Waals surface area contributed by atoms with Gasteiger partial charge in [-0.25, -0.2) is 0 Å². The third-order valence-corrected chi connectivity index (χ3v) is 3.42. The van der Waals surface area contributed by atoms with Gasteiger partial charge in [0, 0.05) is 24.9 Å². The fraction of sp³-hybridized carbons (Fsp3) is 0.909. The summed E-state index contributed by atoms with van der Waals surface area (Å²) in [5.41, 5.74) is 0.255. The van der Waals surface area contributed by atoms with Crippen LogP contribution >= 0.6 is 11.8 Å². The number of aliphatic imine (C=N–C) groups is 1. The van der Waals surface area contributed by atoms with Gasteiger partial charge in [0.1, 0.15) is 0 Å². The second-order valence-electron chi connectivity index (χ2n) is 5.38. The van der Waals surface area contributed by atoms with E-state index in [0.717, 1.165) is 24.0 Å². The van der Waals surface area contributed by atoms with Crippen LogP contribution in [0.15, 0.2) is 4.99 Å². The van der Waals surface area contributed by atoms with Crippen LogP contribution in [0.5, 0.6) is 0 Å². The van der Waals surface area contributed by atoms with E-state index < -0.39 is 0 Å². The van der Waals surface area contributed by atoms with Gasteiger partial charge < -0.3 is 10.2 Å². The van der Waals surface area contributed by atoms with Gasteiger partial charge in [-0.1, -0.05) is 25.6 Å². The quantitative estimate of drug-likeness (QED) is 0.794. The summed E-state index contributed by atoms with van der Waals surface area (Å²) in [6.07, 6.45) is 0. The molecule has 15 heavy (non-hydrogen) atoms. The summed E-state index contributed by atoms with van der Waals surface area (Å²) in [6.45, 7) is 8.69. The van der Waals surface area contributed by atoms with Gasteiger partial charge in [-0.2, -0.15) is 0 Å². The third-order valence-electron chi connectivity index (χ3n) is 2.23. The molecule has 3 nitrogen and oxygen atoms in total. The van der Waals surface area contributed by atoms with Crippen molar-refractivity contribution in [2.45, 2.75) is 26.8 Å². The molecule has 1 saturated heterocycles. The Morgan fingerprint density at radius 2 is 2.20 bits per heavy atom. The molecule has 0 spiro atoms. The molecule has 1 N–H and O–H groups in total. The lowest BCUT2D eigenvalue weighted by atomic mass is 9.93. The van der Waals surface area contributed by atoms with Crippen molar-refractivity contribution in [1.82, 2.24) is 10.2 Å². The summed E-state index contributed by atoms with van der Waals surface area (Å²) in [6, 6.07) is 0.575. The van der Waals surface area contributed by atoms with Crippen molar-refractivity contribution in [3.63, 3.8) is 0 Å². The van der Waals surface area contributed by atoms with Crippen molar-refractivity contribution in [3.05, 3.63) is 0 Å². The van der Waals surface area contributed by atoms with Crippen molar-refractivity contribution in [3.8, 4) is 0 Å². The van der Waals surface area contributed by atoms with Gasteiger partial charge in [-0.05, 0) is 26.4 Å². The predicted octanol–water partition coefficient (Wildman–Crippen LogP) is 1.66. The Hall–Kier alpha value is -0.220. The molecule has 1 rings (SSSR count). The van der Waals surface area contributed by atoms with Crippen molar-refractivity contribution in [1.29, 1.82) is 0 Å². The summed E-state index contributed by atoms with van der Waals surface area (Å²) in [5, 5.41) is 4.50. The van der Waals surface area contributed by atoms with Crippen molar-refractivity contribution < 1.29 is 0 Å². The molecule has 1 aliphatic heterocycles. The minimum absolute atomic E-state index is 0.255. The zero-order valence-electron chi connectivity index (χ0n) is 10.5. The Bertz CT molecular complexity index is 236. The van der Waals surface area contributed by atoms with Gasteiger partial charge in [-0.3, -0.25) is 4.99 Å². The fourth-order valence-corrected chi connectivity index (χ4v) is 2.71. The number of rotatable bonds is 4. The van der Waals surface area contributed by atoms with Gasteiger partial charge >= 0.3 is 0 Å². The Labute approximate surface area is 97.7 Å². The first-order valence-corrected chi connectivity index (χ1v) is 6.46. The molecule has 0 aliphatic carbocycles. The lowest BCUT2D eigenvalue weighted by molar-refractivity contribution is 0.249. The van der Waals surface area contributed by atoms with Crippen molar-refractivity contribution >= 4 is 16.9 Å². The first-order chi connectivity index (χ1) is 6.89. The highest BCUT2D eigenvalue weighted by atomic mass is 32.2. The number of nitrogens with zero attached hydrogens (tertiary/aromatic N) is 2. The Morgan fingerprint density at radius 1 is 1.53 bits per heavy atom. The maximum Gasteiger partial charge on any atom is 0.156 e. The number of amidine groups is 1. The van der Waals surface area contributed by atoms with Gasteiger partial charge in [0.2, 0.25) is 0 Å². The Morgan fingerprint density at radius 3 is 2.67 bits per heavy atom. The van der Waals surface area contributed by atoms with Crippen LogP contribution < -0.4 is 5.32 Å². The van der Waals surface area contributed by atoms with Gasteiger partial charge in [-0.15, -0.1) is 0 Å². The monoisotopic (exact) mass is 229 g/mol. The molecule has 0 saturated carbocycles. The smallest absolute Gasteiger partial charge is 0.156 e. The van der Waals surface area contributed by atoms with E-state index in [9.17, 15) is 0 Å². The van der Waals surface area contributed by atoms with Crippen LogP contribution in [0.25, 0.3) is 0 Å². The van der Waals surface area contributed by atoms with Crippen LogP contribution in [0.3, 0.4) is 0 Å². The second-order valence-corrected chi connectivity index (χ2v) is 6.39. The topological polar surface area (TPSA) is 27.6 Å². The first-order valence-electron chi connectivity index (χ1n) is 5.47. The van der Waals surface area contributed by atoms with E-state index in [0.29, 0.717) is 6.04 Å². The lowest BCUT2D eigenvalue weighted by Gasteiger charge is -2.26. The van der Waals surface area contributed by atoms with Crippen LogP contribution in [-0.4, -0.2) is 49.0 Å². The highest BCUT2D eigenvalue weighted by Crippen LogP contribution is 2.19. The maximum atomic E-state index is 4.64. The molecular weight excluding hydrogens is 206 g/mol. The summed E-state index contributed by atoms with van der Waals surface area (Å²) in [4.78, 5) is 6.86. The molecule has 88 valence electrons. The van der Waals surface area contributed by atoms with Crippen molar-refractivity contribution in [2.75, 3.05) is 32.9 Å². The van der Waals surface area contributed by atoms with E-state index in [1.165, 1.54) is 0 Å². The summed E-state index contributed by atoms with van der Waals surface area (Å²) < 4.78 is 0. The van der Waals surface area contributed by atoms with Crippen LogP contribution in [0.4, 0.5) is 0 Å². The molecule has 0 aromatic heterocycles. The molecule has 0 radical (unpaired) electrons. The normalized spacial score (nSPS) is 24.9. The zero-order valence-corrected chi connectivity index (χ0v) is 11.3. The minimum Gasteiger partial charge on any atom is -0.362 e. The Balaban J connectivity index is 2.41. The Kier molecular flexibility index (Phi) is 4.46. The number of nitrogens with one attached hydrogen (secondary N) is 1. The second kappa shape index (κ2) is 5.21. The highest BCUT2D eigenvalue weighted by Gasteiger charge is 2.20. The van der Waals surface area contributed by atoms with E-state index >= 15 is 0 Å². The lowest BCUT2D eigenvalue weighted by Crippen LogP contribution is -2.32. The highest BCUT2D eigenvalue weighted by molar-refractivity contribution is 8.14. The van der Waals surface area contributed by atoms with E-state index in [-0.39, 0.29) is 5.41 Å². The predicted molar refractivity (Wildman–Crippen MR) is 69.7 cm³/mol. The minimum atomic E-state index is 0.255. The maximum absolute atomic E-state index is 4.64. The summed E-state index contributed by atoms with van der Waals surface area (Å²) >= 11 is 1.84. The molecule has 0 aromatic rings. The summed E-state index contributed by atoms with van der Waals surface area (Å²) in [5.74, 6) is 1.15. The van der Waals surface area contributed by atoms with Crippen LogP contribution in [0, 0.1) is 5.41 Å². The molecule has 1 fully saturated rings. The van der Waals surface area contributed by atoms with E-state index in [1.807, 2.05) is 11.8 Å². The fourth-order valence-electron chi connectivity index (χ4n) is 1.78. The van der Waals surface area contributed by atoms with Crippen LogP contribution in [-0.2, 0) is 0 Å². The van der Waals surface area contributed by atoms with Crippen molar-refractivity contribution in [2.24, 2.45) is 10.4 Å². The molecule has 0 bridgehead atoms. The third kappa shape index (κ3) is 4.89. The zero-order chi connectivity index (χ0) is 11.5. The SMILES string of the molecule is CC1CSC(=NCC(C)(C)CN(C)C)N1. The molecule has 1 aliphatic rings. The molecular formula is C11H23N3S. The molecule has 0 amide bonds. The van der Waals surface area contributed by atoms with Crippen LogP contribution in [0.2, 0.25) is 0 Å². The van der Waals surface area contributed by atoms with Gasteiger partial charge in [0.05, 0.1) is 0 Å². The van der Waals surface area contributed by atoms with E-state index in [2.05, 4.69) is 50.1 Å². The average Bonchev–Trinajstić information content (AvgIpc) is 2.46. The van der Waals surface area contributed by atoms with Crippen LogP contribution in [0.1, 0.15) is 20.8 Å². The number of hydrogen-bond acceptors (Lipinski definition) is 3. The number of thioether (sulfide) groups is 1. The summed E-state index contributed by atoms with van der Waals surface area (Å²) in [7, 11) is 4.22. The average molecular weight is 229 g/mol. The molecule has 1 unspecified atom stereocenters. The molecule has 4 heteroatoms. The largest absolute Gasteiger partial charge is 0.362 e. The van der Waals surface area contributed by atoms with E-state index in [1.54, 1.807) is 0 Å². The van der Waals surface area contributed by atoms with E-state index in [4.69, 9.17) is 0 Å². The standard InChI is InChI=1S/C11H23N3S/c1-9-6-15-10(13-9)12-7-11(2,3)8-14(4)5/h9H,6-8H2,1-5H3,(H,12,13). The molecule has 0 aromatic carbocycles. The molecule has 1 atom stereocenters. The van der Waals surface area contributed by atoms with Gasteiger partial charge in [0.15, 0.2) is 5.17 Å². The number of hydrogen-bond donors (Lipinski definition) is 1. The first kappa shape index (κ1) is 12.8. The molecule has 1 heterocycles.